The minimum Gasteiger partial charge on any atom is -0.459 e. The van der Waals surface area contributed by atoms with E-state index in [0.717, 1.165) is 62.5 Å². The largest absolute Gasteiger partial charge is 0.459 e. The summed E-state index contributed by atoms with van der Waals surface area (Å²) in [6.07, 6.45) is 10.3. The number of carbonyl (C=O) groups excluding carboxylic acids is 4. The first kappa shape index (κ1) is 39.5. The van der Waals surface area contributed by atoms with Gasteiger partial charge in [0, 0.05) is 0 Å². The summed E-state index contributed by atoms with van der Waals surface area (Å²) in [7, 11) is 0. The summed E-state index contributed by atoms with van der Waals surface area (Å²) in [5.74, 6) is -1.22. The average Bonchev–Trinajstić information content (AvgIpc) is 3.15. The van der Waals surface area contributed by atoms with Crippen LogP contribution in [0.2, 0.25) is 0 Å². The molecule has 8 nitrogen and oxygen atoms in total. The van der Waals surface area contributed by atoms with Crippen molar-refractivity contribution >= 4 is 23.9 Å². The number of hydrogen-bond donors (Lipinski definition) is 0. The lowest BCUT2D eigenvalue weighted by molar-refractivity contribution is 0.0309. The Kier molecular flexibility index (Phi) is 15.6. The fraction of sp³-hybridized carbons (Fsp3) is 0.364. The molecule has 0 heterocycles. The summed E-state index contributed by atoms with van der Waals surface area (Å²) in [6.45, 7) is 8.12. The van der Waals surface area contributed by atoms with Crippen LogP contribution in [0.15, 0.2) is 97.1 Å². The van der Waals surface area contributed by atoms with Gasteiger partial charge in [-0.1, -0.05) is 76.6 Å². The van der Waals surface area contributed by atoms with Crippen molar-refractivity contribution in [1.82, 2.24) is 0 Å². The van der Waals surface area contributed by atoms with E-state index in [1.165, 1.54) is 12.8 Å². The van der Waals surface area contributed by atoms with E-state index < -0.39 is 23.9 Å². The smallest absolute Gasteiger partial charge is 0.343 e. The number of benzene rings is 4. The SMILES string of the molecule is CCCCCCC(C)OC(=O)c1ccc(OC(=O)c2ccc(-c3ccc(C(=O)Oc4ccc(C(=O)OC(C)CCCCCC)cc4)cc3)cc2)cc1. The van der Waals surface area contributed by atoms with Crippen molar-refractivity contribution in [1.29, 1.82) is 0 Å². The van der Waals surface area contributed by atoms with E-state index in [-0.39, 0.29) is 12.2 Å². The highest BCUT2D eigenvalue weighted by molar-refractivity contribution is 5.94. The van der Waals surface area contributed by atoms with Crippen LogP contribution in [-0.4, -0.2) is 36.1 Å². The van der Waals surface area contributed by atoms with Crippen molar-refractivity contribution < 1.29 is 38.1 Å². The molecule has 0 saturated carbocycles. The molecule has 0 saturated heterocycles. The van der Waals surface area contributed by atoms with Crippen LogP contribution >= 0.6 is 0 Å². The number of unbranched alkanes of at least 4 members (excludes halogenated alkanes) is 6. The van der Waals surface area contributed by atoms with Crippen molar-refractivity contribution in [3.05, 3.63) is 119 Å². The van der Waals surface area contributed by atoms with Gasteiger partial charge >= 0.3 is 23.9 Å². The molecule has 0 aliphatic rings. The molecule has 0 spiro atoms. The normalized spacial score (nSPS) is 12.0. The second kappa shape index (κ2) is 20.6. The maximum absolute atomic E-state index is 12.8. The number of ether oxygens (including phenoxy) is 4. The van der Waals surface area contributed by atoms with Crippen LogP contribution in [0.3, 0.4) is 0 Å². The Balaban J connectivity index is 1.24. The lowest BCUT2D eigenvalue weighted by Gasteiger charge is -2.13. The fourth-order valence-corrected chi connectivity index (χ4v) is 5.58. The van der Waals surface area contributed by atoms with E-state index in [1.54, 1.807) is 97.1 Å². The Morgan fingerprint density at radius 3 is 1.06 bits per heavy atom. The number of hydrogen-bond acceptors (Lipinski definition) is 8. The van der Waals surface area contributed by atoms with Gasteiger partial charge in [0.1, 0.15) is 11.5 Å². The third-order valence-corrected chi connectivity index (χ3v) is 8.72. The molecule has 2 unspecified atom stereocenters. The van der Waals surface area contributed by atoms with Crippen LogP contribution in [0.5, 0.6) is 11.5 Å². The molecule has 0 bridgehead atoms. The zero-order valence-corrected chi connectivity index (χ0v) is 30.7. The highest BCUT2D eigenvalue weighted by Crippen LogP contribution is 2.23. The van der Waals surface area contributed by atoms with Crippen LogP contribution in [0.4, 0.5) is 0 Å². The molecule has 4 rings (SSSR count). The van der Waals surface area contributed by atoms with Crippen molar-refractivity contribution in [3.63, 3.8) is 0 Å². The molecular weight excluding hydrogens is 656 g/mol. The van der Waals surface area contributed by atoms with Gasteiger partial charge in [-0.15, -0.1) is 0 Å². The first-order valence-electron chi connectivity index (χ1n) is 18.4. The summed E-state index contributed by atoms with van der Waals surface area (Å²) in [4.78, 5) is 50.6. The summed E-state index contributed by atoms with van der Waals surface area (Å²) < 4.78 is 22.1. The molecule has 4 aromatic rings. The quantitative estimate of drug-likeness (QED) is 0.0539. The molecule has 274 valence electrons. The number of esters is 4. The highest BCUT2D eigenvalue weighted by atomic mass is 16.6. The lowest BCUT2D eigenvalue weighted by atomic mass is 10.0. The van der Waals surface area contributed by atoms with E-state index in [0.29, 0.717) is 33.8 Å². The fourth-order valence-electron chi connectivity index (χ4n) is 5.58. The van der Waals surface area contributed by atoms with Gasteiger partial charge in [-0.3, -0.25) is 0 Å². The standard InChI is InChI=1S/C44H50O8/c1-5-7-9-11-13-31(3)49-41(45)37-23-27-39(28-24-37)51-43(47)35-19-15-33(16-20-35)34-17-21-36(22-18-34)44(48)52-40-29-25-38(26-30-40)42(46)50-32(4)14-12-10-8-6-2/h15-32H,5-14H2,1-4H3. The predicted molar refractivity (Wildman–Crippen MR) is 202 cm³/mol. The second-order valence-corrected chi connectivity index (χ2v) is 13.1. The van der Waals surface area contributed by atoms with E-state index in [2.05, 4.69) is 13.8 Å². The molecule has 0 fully saturated rings. The monoisotopic (exact) mass is 706 g/mol. The minimum absolute atomic E-state index is 0.160. The van der Waals surface area contributed by atoms with Crippen LogP contribution in [0.25, 0.3) is 11.1 Å². The van der Waals surface area contributed by atoms with E-state index in [1.807, 2.05) is 13.8 Å². The van der Waals surface area contributed by atoms with Crippen molar-refractivity contribution in [3.8, 4) is 22.6 Å². The van der Waals surface area contributed by atoms with Crippen LogP contribution in [0.1, 0.15) is 133 Å². The molecule has 0 N–H and O–H groups in total. The van der Waals surface area contributed by atoms with Crippen LogP contribution in [-0.2, 0) is 9.47 Å². The van der Waals surface area contributed by atoms with Gasteiger partial charge in [-0.2, -0.15) is 0 Å². The average molecular weight is 707 g/mol. The maximum Gasteiger partial charge on any atom is 0.343 e. The summed E-state index contributed by atoms with van der Waals surface area (Å²) in [6, 6.07) is 26.5. The molecule has 2 atom stereocenters. The Bertz CT molecular complexity index is 1590. The number of rotatable bonds is 19. The van der Waals surface area contributed by atoms with Gasteiger partial charge in [0.15, 0.2) is 0 Å². The molecule has 8 heteroatoms. The van der Waals surface area contributed by atoms with Gasteiger partial charge in [0.25, 0.3) is 0 Å². The Hall–Kier alpha value is -5.24. The third kappa shape index (κ3) is 12.5. The van der Waals surface area contributed by atoms with Gasteiger partial charge in [-0.05, 0) is 123 Å². The van der Waals surface area contributed by atoms with Crippen molar-refractivity contribution in [2.24, 2.45) is 0 Å². The van der Waals surface area contributed by atoms with Crippen molar-refractivity contribution in [2.45, 2.75) is 104 Å². The van der Waals surface area contributed by atoms with E-state index >= 15 is 0 Å². The molecule has 0 aromatic heterocycles. The zero-order valence-electron chi connectivity index (χ0n) is 30.7. The molecule has 52 heavy (non-hydrogen) atoms. The lowest BCUT2D eigenvalue weighted by Crippen LogP contribution is -2.15. The summed E-state index contributed by atoms with van der Waals surface area (Å²) in [5.41, 5.74) is 3.21. The van der Waals surface area contributed by atoms with Crippen molar-refractivity contribution in [2.75, 3.05) is 0 Å². The first-order valence-corrected chi connectivity index (χ1v) is 18.4. The summed E-state index contributed by atoms with van der Waals surface area (Å²) >= 11 is 0. The van der Waals surface area contributed by atoms with Gasteiger partial charge in [0.2, 0.25) is 0 Å². The topological polar surface area (TPSA) is 105 Å². The molecule has 0 aliphatic heterocycles. The second-order valence-electron chi connectivity index (χ2n) is 13.1. The van der Waals surface area contributed by atoms with E-state index in [4.69, 9.17) is 18.9 Å². The zero-order chi connectivity index (χ0) is 37.3. The highest BCUT2D eigenvalue weighted by Gasteiger charge is 2.16. The van der Waals surface area contributed by atoms with Crippen LogP contribution in [0, 0.1) is 0 Å². The van der Waals surface area contributed by atoms with E-state index in [9.17, 15) is 19.2 Å². The Labute approximate surface area is 307 Å². The van der Waals surface area contributed by atoms with Crippen LogP contribution < -0.4 is 9.47 Å². The Morgan fingerprint density at radius 1 is 0.423 bits per heavy atom. The van der Waals surface area contributed by atoms with Gasteiger partial charge in [-0.25, -0.2) is 19.2 Å². The predicted octanol–water partition coefficient (Wildman–Crippen LogP) is 10.8. The summed E-state index contributed by atoms with van der Waals surface area (Å²) in [5, 5.41) is 0. The maximum atomic E-state index is 12.8. The Morgan fingerprint density at radius 2 is 0.731 bits per heavy atom. The molecule has 0 radical (unpaired) electrons. The van der Waals surface area contributed by atoms with Gasteiger partial charge in [0.05, 0.1) is 34.5 Å². The minimum atomic E-state index is -0.530. The third-order valence-electron chi connectivity index (χ3n) is 8.72. The first-order chi connectivity index (χ1) is 25.2. The molecule has 0 amide bonds. The molecule has 0 aliphatic carbocycles. The molecular formula is C44H50O8. The van der Waals surface area contributed by atoms with Gasteiger partial charge < -0.3 is 18.9 Å². The number of carbonyl (C=O) groups is 4. The molecule has 4 aromatic carbocycles.